The molecule has 1 N–H and O–H groups in total. The van der Waals surface area contributed by atoms with Crippen molar-refractivity contribution in [2.75, 3.05) is 7.11 Å². The number of hydrogen-bond acceptors (Lipinski definition) is 6. The van der Waals surface area contributed by atoms with E-state index in [0.717, 1.165) is 5.56 Å². The maximum atomic E-state index is 12.9. The van der Waals surface area contributed by atoms with Gasteiger partial charge in [-0.05, 0) is 51.2 Å². The van der Waals surface area contributed by atoms with Gasteiger partial charge in [0.15, 0.2) is 0 Å². The van der Waals surface area contributed by atoms with E-state index < -0.39 is 17.1 Å². The number of nitrogens with one attached hydrogen (secondary N) is 1. The lowest BCUT2D eigenvalue weighted by Gasteiger charge is -2.29. The van der Waals surface area contributed by atoms with Gasteiger partial charge in [-0.1, -0.05) is 19.9 Å². The van der Waals surface area contributed by atoms with E-state index in [9.17, 15) is 9.59 Å². The zero-order chi connectivity index (χ0) is 19.5. The maximum Gasteiger partial charge on any atom is 0.326 e. The smallest absolute Gasteiger partial charge is 0.326 e. The molecule has 0 bridgehead atoms. The number of pyridine rings is 1. The molecule has 0 aromatic carbocycles. The van der Waals surface area contributed by atoms with E-state index in [-0.39, 0.29) is 23.9 Å². The summed E-state index contributed by atoms with van der Waals surface area (Å²) in [6, 6.07) is 3.38. The monoisotopic (exact) mass is 362 g/mol. The van der Waals surface area contributed by atoms with E-state index in [1.807, 2.05) is 46.8 Å². The van der Waals surface area contributed by atoms with Crippen LogP contribution < -0.4 is 5.32 Å². The van der Waals surface area contributed by atoms with Crippen LogP contribution in [0.4, 0.5) is 0 Å². The predicted molar refractivity (Wildman–Crippen MR) is 98.3 cm³/mol. The first-order valence-electron chi connectivity index (χ1n) is 9.07. The fraction of sp³-hybridized carbons (Fsp3) is 0.650. The Balaban J connectivity index is 2.41. The van der Waals surface area contributed by atoms with Crippen LogP contribution in [0.3, 0.4) is 0 Å². The van der Waals surface area contributed by atoms with Crippen molar-refractivity contribution in [1.82, 2.24) is 10.3 Å². The molecule has 1 aromatic rings. The van der Waals surface area contributed by atoms with Crippen molar-refractivity contribution < 1.29 is 19.1 Å². The fourth-order valence-electron chi connectivity index (χ4n) is 3.68. The highest BCUT2D eigenvalue weighted by Gasteiger charge is 2.54. The average molecular weight is 362 g/mol. The number of ether oxygens (including phenoxy) is 2. The lowest BCUT2D eigenvalue weighted by atomic mass is 9.84. The second kappa shape index (κ2) is 7.74. The molecule has 1 aromatic heterocycles. The van der Waals surface area contributed by atoms with Gasteiger partial charge in [-0.3, -0.25) is 19.9 Å². The Kier molecular flexibility index (Phi) is 6.06. The van der Waals surface area contributed by atoms with Gasteiger partial charge in [0.1, 0.15) is 11.1 Å². The zero-order valence-electron chi connectivity index (χ0n) is 16.5. The van der Waals surface area contributed by atoms with Crippen LogP contribution in [0.1, 0.15) is 59.1 Å². The molecule has 0 aliphatic carbocycles. The van der Waals surface area contributed by atoms with Crippen molar-refractivity contribution >= 4 is 11.9 Å². The lowest BCUT2D eigenvalue weighted by molar-refractivity contribution is -0.160. The summed E-state index contributed by atoms with van der Waals surface area (Å²) in [7, 11) is 1.38. The van der Waals surface area contributed by atoms with Crippen molar-refractivity contribution in [3.05, 3.63) is 30.1 Å². The van der Waals surface area contributed by atoms with Gasteiger partial charge in [0.25, 0.3) is 0 Å². The number of rotatable bonds is 5. The molecule has 2 rings (SSSR count). The quantitative estimate of drug-likeness (QED) is 0.811. The molecule has 0 unspecified atom stereocenters. The van der Waals surface area contributed by atoms with Crippen molar-refractivity contribution in [2.45, 2.75) is 64.6 Å². The number of aromatic nitrogens is 1. The van der Waals surface area contributed by atoms with E-state index in [1.165, 1.54) is 7.11 Å². The molecule has 1 saturated heterocycles. The Bertz CT molecular complexity index is 639. The molecule has 0 saturated carbocycles. The second-order valence-electron chi connectivity index (χ2n) is 8.42. The molecular formula is C20H30N2O4. The second-order valence-corrected chi connectivity index (χ2v) is 8.42. The Hall–Kier alpha value is -1.95. The summed E-state index contributed by atoms with van der Waals surface area (Å²) in [4.78, 5) is 29.7. The van der Waals surface area contributed by atoms with E-state index in [4.69, 9.17) is 9.47 Å². The highest BCUT2D eigenvalue weighted by atomic mass is 16.6. The fourth-order valence-corrected chi connectivity index (χ4v) is 3.68. The molecule has 1 aliphatic heterocycles. The predicted octanol–water partition coefficient (Wildman–Crippen LogP) is 3.03. The molecule has 3 atom stereocenters. The molecular weight excluding hydrogens is 332 g/mol. The number of carbonyl (C=O) groups is 2. The van der Waals surface area contributed by atoms with Crippen LogP contribution in [0, 0.1) is 11.8 Å². The highest BCUT2D eigenvalue weighted by molar-refractivity contribution is 5.84. The van der Waals surface area contributed by atoms with Crippen molar-refractivity contribution in [3.8, 4) is 0 Å². The minimum atomic E-state index is -0.912. The van der Waals surface area contributed by atoms with Crippen molar-refractivity contribution in [1.29, 1.82) is 0 Å². The van der Waals surface area contributed by atoms with Crippen molar-refractivity contribution in [3.63, 3.8) is 0 Å². The van der Waals surface area contributed by atoms with Gasteiger partial charge in [-0.15, -0.1) is 0 Å². The van der Waals surface area contributed by atoms with Gasteiger partial charge in [0.05, 0.1) is 13.0 Å². The first-order valence-corrected chi connectivity index (χ1v) is 9.07. The molecule has 2 heterocycles. The molecule has 144 valence electrons. The third-order valence-corrected chi connectivity index (χ3v) is 4.49. The van der Waals surface area contributed by atoms with Gasteiger partial charge < -0.3 is 9.47 Å². The minimum absolute atomic E-state index is 0.258. The first kappa shape index (κ1) is 20.4. The molecule has 0 spiro atoms. The van der Waals surface area contributed by atoms with Crippen molar-refractivity contribution in [2.24, 2.45) is 11.8 Å². The number of methoxy groups -OCH3 is 1. The third kappa shape index (κ3) is 4.61. The number of nitrogens with zero attached hydrogens (tertiary/aromatic N) is 1. The minimum Gasteiger partial charge on any atom is -0.468 e. The maximum absolute atomic E-state index is 12.9. The Morgan fingerprint density at radius 3 is 2.58 bits per heavy atom. The molecule has 1 fully saturated rings. The summed E-state index contributed by atoms with van der Waals surface area (Å²) >= 11 is 0. The van der Waals surface area contributed by atoms with Gasteiger partial charge in [-0.2, -0.15) is 0 Å². The topological polar surface area (TPSA) is 77.5 Å². The normalized spacial score (nSPS) is 26.0. The van der Waals surface area contributed by atoms with Crippen LogP contribution in [0.5, 0.6) is 0 Å². The summed E-state index contributed by atoms with van der Waals surface area (Å²) in [6.07, 6.45) is 4.32. The molecule has 26 heavy (non-hydrogen) atoms. The largest absolute Gasteiger partial charge is 0.468 e. The summed E-state index contributed by atoms with van der Waals surface area (Å²) in [6.45, 7) is 9.62. The van der Waals surface area contributed by atoms with Gasteiger partial charge in [-0.25, -0.2) is 0 Å². The van der Waals surface area contributed by atoms with E-state index in [2.05, 4.69) is 10.3 Å². The Labute approximate surface area is 155 Å². The molecule has 1 aliphatic rings. The Morgan fingerprint density at radius 1 is 1.38 bits per heavy atom. The average Bonchev–Trinajstić information content (AvgIpc) is 2.93. The van der Waals surface area contributed by atoms with Crippen LogP contribution in [0.2, 0.25) is 0 Å². The zero-order valence-corrected chi connectivity index (χ0v) is 16.5. The molecule has 0 amide bonds. The lowest BCUT2D eigenvalue weighted by Crippen LogP contribution is -2.49. The molecule has 6 nitrogen and oxygen atoms in total. The van der Waals surface area contributed by atoms with E-state index >= 15 is 0 Å². The molecule has 0 radical (unpaired) electrons. The summed E-state index contributed by atoms with van der Waals surface area (Å²) in [5.74, 6) is -0.885. The van der Waals surface area contributed by atoms with Crippen LogP contribution in [-0.4, -0.2) is 35.2 Å². The summed E-state index contributed by atoms with van der Waals surface area (Å²) in [5.41, 5.74) is -0.645. The Morgan fingerprint density at radius 2 is 2.08 bits per heavy atom. The standard InChI is InChI=1S/C20H30N2O4/c1-13(2)10-20(18(24)25-6)11-15(17(23)26-19(3,4)5)16(22-20)14-8-7-9-21-12-14/h7-9,12-13,15-16,22H,10-11H2,1-6H3/t15-,16-,20-/m0/s1. The number of hydrogen-bond donors (Lipinski definition) is 1. The summed E-state index contributed by atoms with van der Waals surface area (Å²) in [5, 5.41) is 3.40. The van der Waals surface area contributed by atoms with Gasteiger partial charge in [0.2, 0.25) is 0 Å². The number of esters is 2. The molecule has 6 heteroatoms. The van der Waals surface area contributed by atoms with Crippen LogP contribution in [0.15, 0.2) is 24.5 Å². The third-order valence-electron chi connectivity index (χ3n) is 4.49. The van der Waals surface area contributed by atoms with E-state index in [1.54, 1.807) is 12.4 Å². The van der Waals surface area contributed by atoms with Crippen LogP contribution in [0.25, 0.3) is 0 Å². The first-order chi connectivity index (χ1) is 12.1. The van der Waals surface area contributed by atoms with Gasteiger partial charge in [0, 0.05) is 18.4 Å². The van der Waals surface area contributed by atoms with Crippen LogP contribution in [-0.2, 0) is 19.1 Å². The van der Waals surface area contributed by atoms with E-state index in [0.29, 0.717) is 12.8 Å². The van der Waals surface area contributed by atoms with Crippen LogP contribution >= 0.6 is 0 Å². The number of carbonyl (C=O) groups excluding carboxylic acids is 2. The summed E-state index contributed by atoms with van der Waals surface area (Å²) < 4.78 is 10.7. The SMILES string of the molecule is COC(=O)[C@]1(CC(C)C)C[C@H](C(=O)OC(C)(C)C)[C@H](c2cccnc2)N1. The van der Waals surface area contributed by atoms with Gasteiger partial charge >= 0.3 is 11.9 Å². The highest BCUT2D eigenvalue weighted by Crippen LogP contribution is 2.42.